The Labute approximate surface area is 158 Å². The molecule has 0 fully saturated rings. The maximum atomic E-state index is 12.1. The molecule has 0 unspecified atom stereocenters. The maximum Gasteiger partial charge on any atom is 0.253 e. The molecule has 1 aromatic heterocycles. The van der Waals surface area contributed by atoms with E-state index in [2.05, 4.69) is 16.9 Å². The third-order valence-electron chi connectivity index (χ3n) is 3.90. The highest BCUT2D eigenvalue weighted by Gasteiger charge is 2.07. The fourth-order valence-corrected chi connectivity index (χ4v) is 2.56. The van der Waals surface area contributed by atoms with E-state index in [-0.39, 0.29) is 18.0 Å². The molecule has 2 rings (SSSR count). The Hall–Kier alpha value is -3.28. The lowest BCUT2D eigenvalue weighted by molar-refractivity contribution is -0.116. The predicted molar refractivity (Wildman–Crippen MR) is 106 cm³/mol. The number of amides is 1. The fourth-order valence-electron chi connectivity index (χ4n) is 2.56. The van der Waals surface area contributed by atoms with Gasteiger partial charge in [-0.1, -0.05) is 18.7 Å². The van der Waals surface area contributed by atoms with Gasteiger partial charge in [-0.05, 0) is 49.2 Å². The first kappa shape index (κ1) is 20.0. The number of nitrogens with one attached hydrogen (secondary N) is 2. The minimum Gasteiger partial charge on any atom is -0.493 e. The summed E-state index contributed by atoms with van der Waals surface area (Å²) in [6.07, 6.45) is 4.73. The standard InChI is InChI=1S/C21H24N2O4/c1-5-10-27-18-8-6-16(12-19(18)26-4)7-9-20(24)22-13-17-14(2)11-15(3)23-21(17)25/h5-9,11-12H,1,10,13H2,2-4H3,(H,22,24)(H,23,25)/b9-7+. The number of aromatic nitrogens is 1. The number of aryl methyl sites for hydroxylation is 2. The molecule has 0 bridgehead atoms. The van der Waals surface area contributed by atoms with Crippen LogP contribution in [0, 0.1) is 13.8 Å². The summed E-state index contributed by atoms with van der Waals surface area (Å²) in [5.74, 6) is 0.884. The molecule has 0 aliphatic carbocycles. The second-order valence-corrected chi connectivity index (χ2v) is 6.00. The van der Waals surface area contributed by atoms with Gasteiger partial charge < -0.3 is 19.8 Å². The first-order valence-corrected chi connectivity index (χ1v) is 8.51. The Morgan fingerprint density at radius 3 is 2.70 bits per heavy atom. The number of rotatable bonds is 8. The first-order valence-electron chi connectivity index (χ1n) is 8.51. The lowest BCUT2D eigenvalue weighted by atomic mass is 10.1. The van der Waals surface area contributed by atoms with Gasteiger partial charge in [-0.15, -0.1) is 0 Å². The Balaban J connectivity index is 2.02. The third-order valence-corrected chi connectivity index (χ3v) is 3.90. The van der Waals surface area contributed by atoms with E-state index >= 15 is 0 Å². The van der Waals surface area contributed by atoms with Gasteiger partial charge in [0.1, 0.15) is 6.61 Å². The number of benzene rings is 1. The fraction of sp³-hybridized carbons (Fsp3) is 0.238. The van der Waals surface area contributed by atoms with Crippen LogP contribution in [-0.2, 0) is 11.3 Å². The molecule has 0 radical (unpaired) electrons. The van der Waals surface area contributed by atoms with Crippen molar-refractivity contribution in [3.63, 3.8) is 0 Å². The van der Waals surface area contributed by atoms with E-state index in [1.54, 1.807) is 31.4 Å². The van der Waals surface area contributed by atoms with E-state index in [1.165, 1.54) is 6.08 Å². The molecule has 1 heterocycles. The number of carbonyl (C=O) groups excluding carboxylic acids is 1. The SMILES string of the molecule is C=CCOc1ccc(/C=C/C(=O)NCc2c(C)cc(C)[nH]c2=O)cc1OC. The predicted octanol–water partition coefficient (Wildman–Crippen LogP) is 2.89. The molecule has 6 nitrogen and oxygen atoms in total. The number of carbonyl (C=O) groups is 1. The summed E-state index contributed by atoms with van der Waals surface area (Å²) >= 11 is 0. The van der Waals surface area contributed by atoms with Gasteiger partial charge >= 0.3 is 0 Å². The van der Waals surface area contributed by atoms with E-state index in [0.29, 0.717) is 23.7 Å². The van der Waals surface area contributed by atoms with Crippen LogP contribution in [-0.4, -0.2) is 24.6 Å². The number of pyridine rings is 1. The Bertz CT molecular complexity index is 913. The number of ether oxygens (including phenoxy) is 2. The number of H-pyrrole nitrogens is 1. The van der Waals surface area contributed by atoms with Crippen molar-refractivity contribution in [1.29, 1.82) is 0 Å². The lowest BCUT2D eigenvalue weighted by Crippen LogP contribution is -2.26. The Kier molecular flexibility index (Phi) is 7.00. The highest BCUT2D eigenvalue weighted by atomic mass is 16.5. The molecule has 0 spiro atoms. The van der Waals surface area contributed by atoms with Crippen LogP contribution in [0.4, 0.5) is 0 Å². The Morgan fingerprint density at radius 2 is 2.04 bits per heavy atom. The monoisotopic (exact) mass is 368 g/mol. The minimum absolute atomic E-state index is 0.169. The van der Waals surface area contributed by atoms with Crippen molar-refractivity contribution in [3.05, 3.63) is 75.7 Å². The zero-order chi connectivity index (χ0) is 19.8. The zero-order valence-corrected chi connectivity index (χ0v) is 15.8. The van der Waals surface area contributed by atoms with Crippen LogP contribution in [0.3, 0.4) is 0 Å². The summed E-state index contributed by atoms with van der Waals surface area (Å²) in [7, 11) is 1.55. The molecule has 27 heavy (non-hydrogen) atoms. The van der Waals surface area contributed by atoms with Crippen molar-refractivity contribution in [2.45, 2.75) is 20.4 Å². The topological polar surface area (TPSA) is 80.4 Å². The second kappa shape index (κ2) is 9.43. The molecule has 0 aliphatic heterocycles. The van der Waals surface area contributed by atoms with Crippen molar-refractivity contribution < 1.29 is 14.3 Å². The van der Waals surface area contributed by atoms with Crippen LogP contribution in [0.1, 0.15) is 22.4 Å². The van der Waals surface area contributed by atoms with Crippen LogP contribution in [0.15, 0.2) is 47.8 Å². The average Bonchev–Trinajstić information content (AvgIpc) is 2.64. The normalized spacial score (nSPS) is 10.6. The molecule has 2 N–H and O–H groups in total. The van der Waals surface area contributed by atoms with Crippen molar-refractivity contribution in [1.82, 2.24) is 10.3 Å². The average molecular weight is 368 g/mol. The largest absolute Gasteiger partial charge is 0.493 e. The Morgan fingerprint density at radius 1 is 1.26 bits per heavy atom. The van der Waals surface area contributed by atoms with Crippen LogP contribution in [0.2, 0.25) is 0 Å². The minimum atomic E-state index is -0.291. The van der Waals surface area contributed by atoms with Gasteiger partial charge in [0.2, 0.25) is 5.91 Å². The van der Waals surface area contributed by atoms with Gasteiger partial charge in [0, 0.05) is 23.9 Å². The molecule has 142 valence electrons. The molecular weight excluding hydrogens is 344 g/mol. The quantitative estimate of drug-likeness (QED) is 0.555. The van der Waals surface area contributed by atoms with E-state index in [0.717, 1.165) is 16.8 Å². The van der Waals surface area contributed by atoms with E-state index in [1.807, 2.05) is 26.0 Å². The van der Waals surface area contributed by atoms with Gasteiger partial charge in [0.25, 0.3) is 5.56 Å². The van der Waals surface area contributed by atoms with Gasteiger partial charge in [-0.25, -0.2) is 0 Å². The molecular formula is C21H24N2O4. The molecule has 6 heteroatoms. The van der Waals surface area contributed by atoms with E-state index < -0.39 is 0 Å². The highest BCUT2D eigenvalue weighted by molar-refractivity contribution is 5.91. The molecule has 0 atom stereocenters. The molecule has 2 aromatic rings. The van der Waals surface area contributed by atoms with Gasteiger partial charge in [0.05, 0.1) is 7.11 Å². The zero-order valence-electron chi connectivity index (χ0n) is 15.8. The molecule has 1 amide bonds. The summed E-state index contributed by atoms with van der Waals surface area (Å²) in [5.41, 5.74) is 2.80. The summed E-state index contributed by atoms with van der Waals surface area (Å²) in [6, 6.07) is 7.24. The molecule has 0 saturated carbocycles. The summed E-state index contributed by atoms with van der Waals surface area (Å²) in [6.45, 7) is 7.83. The van der Waals surface area contributed by atoms with Crippen molar-refractivity contribution >= 4 is 12.0 Å². The van der Waals surface area contributed by atoms with E-state index in [4.69, 9.17) is 9.47 Å². The number of hydrogen-bond acceptors (Lipinski definition) is 4. The van der Waals surface area contributed by atoms with Crippen molar-refractivity contribution in [2.75, 3.05) is 13.7 Å². The molecule has 1 aromatic carbocycles. The number of hydrogen-bond donors (Lipinski definition) is 2. The smallest absolute Gasteiger partial charge is 0.253 e. The van der Waals surface area contributed by atoms with Crippen LogP contribution < -0.4 is 20.3 Å². The van der Waals surface area contributed by atoms with Crippen LogP contribution in [0.5, 0.6) is 11.5 Å². The first-order chi connectivity index (χ1) is 12.9. The van der Waals surface area contributed by atoms with Crippen molar-refractivity contribution in [3.8, 4) is 11.5 Å². The molecule has 0 aliphatic rings. The van der Waals surface area contributed by atoms with Gasteiger partial charge in [0.15, 0.2) is 11.5 Å². The number of aromatic amines is 1. The van der Waals surface area contributed by atoms with Crippen molar-refractivity contribution in [2.24, 2.45) is 0 Å². The van der Waals surface area contributed by atoms with Crippen LogP contribution >= 0.6 is 0 Å². The maximum absolute atomic E-state index is 12.1. The third kappa shape index (κ3) is 5.60. The summed E-state index contributed by atoms with van der Waals surface area (Å²) < 4.78 is 10.8. The highest BCUT2D eigenvalue weighted by Crippen LogP contribution is 2.28. The molecule has 0 saturated heterocycles. The lowest BCUT2D eigenvalue weighted by Gasteiger charge is -2.09. The van der Waals surface area contributed by atoms with E-state index in [9.17, 15) is 9.59 Å². The van der Waals surface area contributed by atoms with Gasteiger partial charge in [-0.2, -0.15) is 0 Å². The van der Waals surface area contributed by atoms with Gasteiger partial charge in [-0.3, -0.25) is 9.59 Å². The summed E-state index contributed by atoms with van der Waals surface area (Å²) in [5, 5.41) is 2.73. The van der Waals surface area contributed by atoms with Crippen LogP contribution in [0.25, 0.3) is 6.08 Å². The summed E-state index contributed by atoms with van der Waals surface area (Å²) in [4.78, 5) is 26.8. The second-order valence-electron chi connectivity index (χ2n) is 6.00. The number of methoxy groups -OCH3 is 1.